The summed E-state index contributed by atoms with van der Waals surface area (Å²) in [6.45, 7) is 3.14. The first kappa shape index (κ1) is 6.65. The van der Waals surface area contributed by atoms with Gasteiger partial charge in [0.25, 0.3) is 0 Å². The Labute approximate surface area is 51.4 Å². The Bertz CT molecular complexity index is 130. The van der Waals surface area contributed by atoms with E-state index in [1.807, 2.05) is 0 Å². The van der Waals surface area contributed by atoms with E-state index in [0.717, 1.165) is 6.08 Å². The molecule has 0 spiro atoms. The molecule has 1 saturated carbocycles. The third-order valence-electron chi connectivity index (χ3n) is 1.74. The molecule has 9 heavy (non-hydrogen) atoms. The van der Waals surface area contributed by atoms with Crippen molar-refractivity contribution < 1.29 is 13.2 Å². The Morgan fingerprint density at radius 3 is 1.78 bits per heavy atom. The van der Waals surface area contributed by atoms with Crippen LogP contribution in [0.1, 0.15) is 12.8 Å². The Hall–Kier alpha value is -0.470. The van der Waals surface area contributed by atoms with Gasteiger partial charge in [0.15, 0.2) is 0 Å². The Kier molecular flexibility index (Phi) is 1.12. The van der Waals surface area contributed by atoms with Crippen LogP contribution >= 0.6 is 0 Å². The summed E-state index contributed by atoms with van der Waals surface area (Å²) in [6.07, 6.45) is -2.61. The molecule has 0 aromatic heterocycles. The van der Waals surface area contributed by atoms with Gasteiger partial charge < -0.3 is 0 Å². The summed E-state index contributed by atoms with van der Waals surface area (Å²) in [7, 11) is 0. The molecule has 0 N–H and O–H groups in total. The van der Waals surface area contributed by atoms with E-state index in [4.69, 9.17) is 0 Å². The molecule has 0 amide bonds. The lowest BCUT2D eigenvalue weighted by Crippen LogP contribution is -2.21. The minimum atomic E-state index is -4.06. The second kappa shape index (κ2) is 1.52. The van der Waals surface area contributed by atoms with E-state index in [1.165, 1.54) is 0 Å². The van der Waals surface area contributed by atoms with Crippen molar-refractivity contribution in [2.24, 2.45) is 5.41 Å². The van der Waals surface area contributed by atoms with Crippen molar-refractivity contribution >= 4 is 0 Å². The molecular weight excluding hydrogens is 129 g/mol. The van der Waals surface area contributed by atoms with Crippen LogP contribution in [0.5, 0.6) is 0 Å². The highest BCUT2D eigenvalue weighted by Gasteiger charge is 2.60. The van der Waals surface area contributed by atoms with Crippen molar-refractivity contribution in [1.29, 1.82) is 0 Å². The van der Waals surface area contributed by atoms with Crippen LogP contribution in [0.2, 0.25) is 0 Å². The van der Waals surface area contributed by atoms with Crippen molar-refractivity contribution in [2.75, 3.05) is 0 Å². The number of rotatable bonds is 1. The third kappa shape index (κ3) is 0.843. The molecule has 1 fully saturated rings. The summed E-state index contributed by atoms with van der Waals surface area (Å²) in [5.41, 5.74) is -1.51. The fourth-order valence-corrected chi connectivity index (χ4v) is 0.738. The average Bonchev–Trinajstić information content (AvgIpc) is 2.40. The van der Waals surface area contributed by atoms with E-state index in [2.05, 4.69) is 6.58 Å². The SMILES string of the molecule is C=CC1(C(F)(F)F)CC1. The van der Waals surface area contributed by atoms with Crippen molar-refractivity contribution in [3.8, 4) is 0 Å². The maximum atomic E-state index is 11.8. The Morgan fingerprint density at radius 2 is 1.78 bits per heavy atom. The summed E-state index contributed by atoms with van der Waals surface area (Å²) in [4.78, 5) is 0. The molecule has 1 aliphatic carbocycles. The lowest BCUT2D eigenvalue weighted by atomic mass is 10.1. The molecule has 1 aliphatic rings. The van der Waals surface area contributed by atoms with Crippen molar-refractivity contribution in [1.82, 2.24) is 0 Å². The monoisotopic (exact) mass is 136 g/mol. The van der Waals surface area contributed by atoms with Gasteiger partial charge >= 0.3 is 6.18 Å². The molecule has 0 aromatic rings. The molecular formula is C6H7F3. The highest BCUT2D eigenvalue weighted by atomic mass is 19.4. The maximum Gasteiger partial charge on any atom is 0.397 e. The average molecular weight is 136 g/mol. The largest absolute Gasteiger partial charge is 0.397 e. The first-order valence-electron chi connectivity index (χ1n) is 2.72. The van der Waals surface area contributed by atoms with Gasteiger partial charge in [-0.25, -0.2) is 0 Å². The second-order valence-corrected chi connectivity index (χ2v) is 2.36. The number of halogens is 3. The Balaban J connectivity index is 2.71. The molecule has 0 aliphatic heterocycles. The van der Waals surface area contributed by atoms with E-state index < -0.39 is 11.6 Å². The molecule has 1 rings (SSSR count). The van der Waals surface area contributed by atoms with E-state index in [0.29, 0.717) is 0 Å². The lowest BCUT2D eigenvalue weighted by molar-refractivity contribution is -0.171. The molecule has 0 nitrogen and oxygen atoms in total. The van der Waals surface area contributed by atoms with Crippen LogP contribution in [-0.4, -0.2) is 6.18 Å². The molecule has 0 radical (unpaired) electrons. The van der Waals surface area contributed by atoms with Gasteiger partial charge in [-0.05, 0) is 12.8 Å². The minimum absolute atomic E-state index is 0.222. The van der Waals surface area contributed by atoms with Crippen LogP contribution in [0.15, 0.2) is 12.7 Å². The van der Waals surface area contributed by atoms with Gasteiger partial charge in [-0.15, -0.1) is 6.58 Å². The second-order valence-electron chi connectivity index (χ2n) is 2.36. The van der Waals surface area contributed by atoms with Crippen LogP contribution in [0.25, 0.3) is 0 Å². The minimum Gasteiger partial charge on any atom is -0.170 e. The fraction of sp³-hybridized carbons (Fsp3) is 0.667. The number of allylic oxidation sites excluding steroid dienone is 1. The summed E-state index contributed by atoms with van der Waals surface area (Å²) >= 11 is 0. The van der Waals surface area contributed by atoms with Gasteiger partial charge in [-0.1, -0.05) is 6.08 Å². The molecule has 0 heterocycles. The van der Waals surface area contributed by atoms with Gasteiger partial charge in [-0.3, -0.25) is 0 Å². The molecule has 0 bridgehead atoms. The van der Waals surface area contributed by atoms with Crippen LogP contribution in [-0.2, 0) is 0 Å². The lowest BCUT2D eigenvalue weighted by Gasteiger charge is -2.13. The zero-order valence-electron chi connectivity index (χ0n) is 4.83. The van der Waals surface area contributed by atoms with Gasteiger partial charge in [0.1, 0.15) is 0 Å². The number of hydrogen-bond acceptors (Lipinski definition) is 0. The smallest absolute Gasteiger partial charge is 0.170 e. The summed E-state index contributed by atoms with van der Waals surface area (Å²) in [6, 6.07) is 0. The molecule has 0 saturated heterocycles. The van der Waals surface area contributed by atoms with Crippen LogP contribution < -0.4 is 0 Å². The zero-order valence-corrected chi connectivity index (χ0v) is 4.83. The maximum absolute atomic E-state index is 11.8. The molecule has 0 atom stereocenters. The van der Waals surface area contributed by atoms with E-state index in [-0.39, 0.29) is 12.8 Å². The van der Waals surface area contributed by atoms with E-state index >= 15 is 0 Å². The van der Waals surface area contributed by atoms with E-state index in [9.17, 15) is 13.2 Å². The highest BCUT2D eigenvalue weighted by Crippen LogP contribution is 2.58. The Morgan fingerprint density at radius 1 is 1.33 bits per heavy atom. The molecule has 0 unspecified atom stereocenters. The summed E-state index contributed by atoms with van der Waals surface area (Å²) in [5.74, 6) is 0. The predicted octanol–water partition coefficient (Wildman–Crippen LogP) is 2.51. The molecule has 52 valence electrons. The van der Waals surface area contributed by atoms with Gasteiger partial charge in [0.05, 0.1) is 5.41 Å². The zero-order chi connectivity index (χ0) is 7.12. The quantitative estimate of drug-likeness (QED) is 0.486. The van der Waals surface area contributed by atoms with Crippen LogP contribution in [0.4, 0.5) is 13.2 Å². The third-order valence-corrected chi connectivity index (χ3v) is 1.74. The topological polar surface area (TPSA) is 0 Å². The summed E-state index contributed by atoms with van der Waals surface area (Å²) in [5, 5.41) is 0. The first-order valence-corrected chi connectivity index (χ1v) is 2.72. The normalized spacial score (nSPS) is 23.4. The predicted molar refractivity (Wildman–Crippen MR) is 27.9 cm³/mol. The van der Waals surface area contributed by atoms with Crippen LogP contribution in [0, 0.1) is 5.41 Å². The van der Waals surface area contributed by atoms with Crippen molar-refractivity contribution in [3.63, 3.8) is 0 Å². The highest BCUT2D eigenvalue weighted by molar-refractivity contribution is 5.10. The van der Waals surface area contributed by atoms with Crippen molar-refractivity contribution in [2.45, 2.75) is 19.0 Å². The van der Waals surface area contributed by atoms with Crippen molar-refractivity contribution in [3.05, 3.63) is 12.7 Å². The molecule has 3 heteroatoms. The van der Waals surface area contributed by atoms with E-state index in [1.54, 1.807) is 0 Å². The first-order chi connectivity index (χ1) is 4.02. The van der Waals surface area contributed by atoms with Gasteiger partial charge in [-0.2, -0.15) is 13.2 Å². The standard InChI is InChI=1S/C6H7F3/c1-2-5(3-4-5)6(7,8)9/h2H,1,3-4H2. The number of alkyl halides is 3. The van der Waals surface area contributed by atoms with Gasteiger partial charge in [0, 0.05) is 0 Å². The fourth-order valence-electron chi connectivity index (χ4n) is 0.738. The summed E-state index contributed by atoms with van der Waals surface area (Å²) < 4.78 is 35.5. The van der Waals surface area contributed by atoms with Gasteiger partial charge in [0.2, 0.25) is 0 Å². The van der Waals surface area contributed by atoms with Crippen LogP contribution in [0.3, 0.4) is 0 Å². The number of hydrogen-bond donors (Lipinski definition) is 0. The molecule has 0 aromatic carbocycles.